The van der Waals surface area contributed by atoms with E-state index < -0.39 is 11.6 Å². The number of benzene rings is 1. The molecular weight excluding hydrogens is 268 g/mol. The third kappa shape index (κ3) is 2.84. The molecule has 0 bridgehead atoms. The van der Waals surface area contributed by atoms with Crippen molar-refractivity contribution in [1.82, 2.24) is 4.90 Å². The molecule has 1 atom stereocenters. The Labute approximate surface area is 117 Å². The molecule has 0 amide bonds. The van der Waals surface area contributed by atoms with Crippen molar-refractivity contribution in [2.24, 2.45) is 5.73 Å². The molecule has 0 aromatic heterocycles. The van der Waals surface area contributed by atoms with Crippen LogP contribution in [0.15, 0.2) is 12.1 Å². The van der Waals surface area contributed by atoms with Crippen LogP contribution in [0.2, 0.25) is 0 Å². The van der Waals surface area contributed by atoms with Gasteiger partial charge in [-0.2, -0.15) is 0 Å². The third-order valence-corrected chi connectivity index (χ3v) is 3.81. The summed E-state index contributed by atoms with van der Waals surface area (Å²) in [6.07, 6.45) is 0. The Kier molecular flexibility index (Phi) is 4.01. The Morgan fingerprint density at radius 1 is 1.32 bits per heavy atom. The van der Waals surface area contributed by atoms with Crippen molar-refractivity contribution in [2.75, 3.05) is 31.6 Å². The van der Waals surface area contributed by atoms with E-state index in [4.69, 9.17) is 18.0 Å². The predicted molar refractivity (Wildman–Crippen MR) is 76.6 cm³/mol. The Bertz CT molecular complexity index is 484. The maximum absolute atomic E-state index is 14.1. The number of halogens is 2. The van der Waals surface area contributed by atoms with Crippen molar-refractivity contribution >= 4 is 22.9 Å². The lowest BCUT2D eigenvalue weighted by molar-refractivity contribution is 0.232. The lowest BCUT2D eigenvalue weighted by Crippen LogP contribution is -2.50. The van der Waals surface area contributed by atoms with E-state index in [1.54, 1.807) is 4.90 Å². The molecule has 1 aromatic carbocycles. The van der Waals surface area contributed by atoms with E-state index >= 15 is 0 Å². The van der Waals surface area contributed by atoms with Gasteiger partial charge in [-0.05, 0) is 26.1 Å². The summed E-state index contributed by atoms with van der Waals surface area (Å²) in [6, 6.07) is 2.65. The van der Waals surface area contributed by atoms with Gasteiger partial charge >= 0.3 is 0 Å². The summed E-state index contributed by atoms with van der Waals surface area (Å²) < 4.78 is 28.1. The average molecular weight is 285 g/mol. The maximum Gasteiger partial charge on any atom is 0.150 e. The van der Waals surface area contributed by atoms with Gasteiger partial charge in [0.15, 0.2) is 0 Å². The number of piperazine rings is 1. The van der Waals surface area contributed by atoms with Crippen molar-refractivity contribution in [3.05, 3.63) is 29.3 Å². The molecule has 0 aliphatic carbocycles. The minimum Gasteiger partial charge on any atom is -0.389 e. The molecular formula is C13H17F2N3S. The highest BCUT2D eigenvalue weighted by molar-refractivity contribution is 7.80. The predicted octanol–water partition coefficient (Wildman–Crippen LogP) is 1.74. The fraction of sp³-hybridized carbons (Fsp3) is 0.462. The number of nitrogens with zero attached hydrogens (tertiary/aromatic N) is 2. The fourth-order valence-corrected chi connectivity index (χ4v) is 2.38. The van der Waals surface area contributed by atoms with Crippen LogP contribution in [0.4, 0.5) is 14.5 Å². The van der Waals surface area contributed by atoms with Gasteiger partial charge in [0.25, 0.3) is 0 Å². The standard InChI is InChI=1S/C13H17F2N3S/c1-8-7-18(4-3-17(8)2)12-10(14)5-9(13(16)19)6-11(12)15/h5-6,8H,3-4,7H2,1-2H3,(H2,16,19). The van der Waals surface area contributed by atoms with E-state index in [1.165, 1.54) is 12.1 Å². The SMILES string of the molecule is CC1CN(c2c(F)cc(C(N)=S)cc2F)CCN1C. The first-order chi connectivity index (χ1) is 8.90. The number of thiocarbonyl (C=S) groups is 1. The second-order valence-electron chi connectivity index (χ2n) is 4.93. The van der Waals surface area contributed by atoms with Crippen molar-refractivity contribution < 1.29 is 8.78 Å². The molecule has 1 fully saturated rings. The Morgan fingerprint density at radius 3 is 2.37 bits per heavy atom. The minimum atomic E-state index is -0.612. The van der Waals surface area contributed by atoms with Crippen LogP contribution in [0.1, 0.15) is 12.5 Å². The van der Waals surface area contributed by atoms with Crippen LogP contribution in [-0.4, -0.2) is 42.6 Å². The molecule has 1 saturated heterocycles. The van der Waals surface area contributed by atoms with E-state index in [0.29, 0.717) is 13.1 Å². The topological polar surface area (TPSA) is 32.5 Å². The van der Waals surface area contributed by atoms with Gasteiger partial charge in [0, 0.05) is 31.2 Å². The zero-order valence-electron chi connectivity index (χ0n) is 11.0. The number of anilines is 1. The Balaban J connectivity index is 2.33. The summed E-state index contributed by atoms with van der Waals surface area (Å²) in [7, 11) is 2.00. The zero-order valence-corrected chi connectivity index (χ0v) is 11.8. The van der Waals surface area contributed by atoms with Crippen molar-refractivity contribution in [2.45, 2.75) is 13.0 Å². The van der Waals surface area contributed by atoms with E-state index in [-0.39, 0.29) is 22.3 Å². The first kappa shape index (κ1) is 14.1. The molecule has 3 nitrogen and oxygen atoms in total. The van der Waals surface area contributed by atoms with Gasteiger partial charge in [0.1, 0.15) is 22.3 Å². The zero-order chi connectivity index (χ0) is 14.2. The van der Waals surface area contributed by atoms with Crippen LogP contribution in [0.25, 0.3) is 0 Å². The van der Waals surface area contributed by atoms with Gasteiger partial charge in [-0.1, -0.05) is 12.2 Å². The van der Waals surface area contributed by atoms with Crippen LogP contribution in [0.3, 0.4) is 0 Å². The highest BCUT2D eigenvalue weighted by Gasteiger charge is 2.25. The monoisotopic (exact) mass is 285 g/mol. The smallest absolute Gasteiger partial charge is 0.150 e. The third-order valence-electron chi connectivity index (χ3n) is 3.58. The number of nitrogens with two attached hydrogens (primary N) is 1. The fourth-order valence-electron chi connectivity index (χ4n) is 2.26. The second-order valence-corrected chi connectivity index (χ2v) is 5.37. The van der Waals surface area contributed by atoms with Crippen LogP contribution in [-0.2, 0) is 0 Å². The molecule has 0 saturated carbocycles. The molecule has 1 aliphatic heterocycles. The average Bonchev–Trinajstić information content (AvgIpc) is 2.32. The lowest BCUT2D eigenvalue weighted by Gasteiger charge is -2.39. The molecule has 1 aromatic rings. The minimum absolute atomic E-state index is 0.00362. The van der Waals surface area contributed by atoms with Crippen LogP contribution in [0.5, 0.6) is 0 Å². The summed E-state index contributed by atoms with van der Waals surface area (Å²) in [4.78, 5) is 3.89. The van der Waals surface area contributed by atoms with Gasteiger partial charge in [-0.25, -0.2) is 8.78 Å². The van der Waals surface area contributed by atoms with Gasteiger partial charge in [0.2, 0.25) is 0 Å². The van der Waals surface area contributed by atoms with Crippen molar-refractivity contribution in [3.63, 3.8) is 0 Å². The molecule has 6 heteroatoms. The first-order valence-electron chi connectivity index (χ1n) is 6.14. The summed E-state index contributed by atoms with van der Waals surface area (Å²) in [5.41, 5.74) is 5.63. The van der Waals surface area contributed by atoms with Gasteiger partial charge in [0.05, 0.1) is 0 Å². The van der Waals surface area contributed by atoms with Gasteiger partial charge in [-0.3, -0.25) is 0 Å². The molecule has 0 spiro atoms. The Morgan fingerprint density at radius 2 is 1.89 bits per heavy atom. The highest BCUT2D eigenvalue weighted by Crippen LogP contribution is 2.27. The van der Waals surface area contributed by atoms with Crippen molar-refractivity contribution in [3.8, 4) is 0 Å². The van der Waals surface area contributed by atoms with E-state index in [2.05, 4.69) is 4.90 Å². The Hall–Kier alpha value is -1.27. The molecule has 1 unspecified atom stereocenters. The summed E-state index contributed by atoms with van der Waals surface area (Å²) in [5.74, 6) is -1.22. The second kappa shape index (κ2) is 5.38. The largest absolute Gasteiger partial charge is 0.389 e. The molecule has 104 valence electrons. The molecule has 2 N–H and O–H groups in total. The molecule has 1 heterocycles. The van der Waals surface area contributed by atoms with Crippen LogP contribution < -0.4 is 10.6 Å². The number of hydrogen-bond acceptors (Lipinski definition) is 3. The van der Waals surface area contributed by atoms with E-state index in [1.807, 2.05) is 14.0 Å². The van der Waals surface area contributed by atoms with Crippen LogP contribution >= 0.6 is 12.2 Å². The van der Waals surface area contributed by atoms with Crippen LogP contribution in [0, 0.1) is 11.6 Å². The van der Waals surface area contributed by atoms with Crippen molar-refractivity contribution in [1.29, 1.82) is 0 Å². The summed E-state index contributed by atoms with van der Waals surface area (Å²) in [6.45, 7) is 4.00. The number of likely N-dealkylation sites (N-methyl/N-ethyl adjacent to an activating group) is 1. The number of rotatable bonds is 2. The summed E-state index contributed by atoms with van der Waals surface area (Å²) >= 11 is 4.74. The molecule has 19 heavy (non-hydrogen) atoms. The molecule has 0 radical (unpaired) electrons. The number of hydrogen-bond donors (Lipinski definition) is 1. The lowest BCUT2D eigenvalue weighted by atomic mass is 10.1. The van der Waals surface area contributed by atoms with E-state index in [9.17, 15) is 8.78 Å². The van der Waals surface area contributed by atoms with Gasteiger partial charge in [-0.15, -0.1) is 0 Å². The maximum atomic E-state index is 14.1. The summed E-state index contributed by atoms with van der Waals surface area (Å²) in [5, 5.41) is 0. The normalized spacial score (nSPS) is 20.6. The van der Waals surface area contributed by atoms with Gasteiger partial charge < -0.3 is 15.5 Å². The molecule has 2 rings (SSSR count). The quantitative estimate of drug-likeness (QED) is 0.839. The molecule has 1 aliphatic rings. The highest BCUT2D eigenvalue weighted by atomic mass is 32.1. The van der Waals surface area contributed by atoms with E-state index in [0.717, 1.165) is 6.54 Å². The first-order valence-corrected chi connectivity index (χ1v) is 6.55.